The predicted octanol–water partition coefficient (Wildman–Crippen LogP) is 2.92. The van der Waals surface area contributed by atoms with Gasteiger partial charge in [-0.05, 0) is 56.2 Å². The lowest BCUT2D eigenvalue weighted by Crippen LogP contribution is -2.52. The summed E-state index contributed by atoms with van der Waals surface area (Å²) in [4.78, 5) is 24.1. The van der Waals surface area contributed by atoms with E-state index in [2.05, 4.69) is 5.32 Å². The van der Waals surface area contributed by atoms with Crippen molar-refractivity contribution in [2.24, 2.45) is 11.7 Å². The Morgan fingerprint density at radius 3 is 2.39 bits per heavy atom. The van der Waals surface area contributed by atoms with Gasteiger partial charge >= 0.3 is 0 Å². The Hall–Kier alpha value is -1.55. The number of hydrogen-bond donors (Lipinski definition) is 2. The summed E-state index contributed by atoms with van der Waals surface area (Å²) in [6.45, 7) is 0. The predicted molar refractivity (Wildman–Crippen MR) is 90.1 cm³/mol. The molecule has 2 saturated carbocycles. The van der Waals surface area contributed by atoms with Gasteiger partial charge in [0, 0.05) is 17.0 Å². The molecular weight excluding hydrogens is 312 g/mol. The van der Waals surface area contributed by atoms with Gasteiger partial charge in [-0.1, -0.05) is 30.2 Å². The summed E-state index contributed by atoms with van der Waals surface area (Å²) in [5.74, 6) is -0.147. The minimum atomic E-state index is -0.425. The van der Waals surface area contributed by atoms with Crippen LogP contribution >= 0.6 is 11.6 Å². The highest BCUT2D eigenvalue weighted by Crippen LogP contribution is 2.44. The van der Waals surface area contributed by atoms with E-state index < -0.39 is 5.41 Å². The Bertz CT molecular complexity index is 605. The quantitative estimate of drug-likeness (QED) is 0.888. The third-order valence-electron chi connectivity index (χ3n) is 5.48. The molecule has 0 aromatic heterocycles. The molecule has 2 amide bonds. The zero-order valence-electron chi connectivity index (χ0n) is 13.2. The molecule has 3 N–H and O–H groups in total. The Balaban J connectivity index is 1.66. The summed E-state index contributed by atoms with van der Waals surface area (Å²) in [5, 5.41) is 3.87. The SMILES string of the molecule is NC(=O)C1CCC(NC(=O)C2(c3cccc(Cl)c3)CCC2)CC1. The van der Waals surface area contributed by atoms with Crippen LogP contribution in [0.25, 0.3) is 0 Å². The van der Waals surface area contributed by atoms with E-state index in [1.54, 1.807) is 0 Å². The van der Waals surface area contributed by atoms with Gasteiger partial charge in [0.25, 0.3) is 0 Å². The van der Waals surface area contributed by atoms with Crippen molar-refractivity contribution >= 4 is 23.4 Å². The van der Waals surface area contributed by atoms with Crippen molar-refractivity contribution in [1.29, 1.82) is 0 Å². The molecule has 0 heterocycles. The number of rotatable bonds is 4. The zero-order valence-corrected chi connectivity index (χ0v) is 13.9. The Morgan fingerprint density at radius 1 is 1.17 bits per heavy atom. The molecule has 23 heavy (non-hydrogen) atoms. The Morgan fingerprint density at radius 2 is 1.87 bits per heavy atom. The lowest BCUT2D eigenvalue weighted by atomic mass is 9.63. The molecule has 4 nitrogen and oxygen atoms in total. The molecule has 5 heteroatoms. The molecule has 0 saturated heterocycles. The second kappa shape index (κ2) is 6.52. The van der Waals surface area contributed by atoms with Crippen LogP contribution in [0.2, 0.25) is 5.02 Å². The minimum Gasteiger partial charge on any atom is -0.369 e. The smallest absolute Gasteiger partial charge is 0.230 e. The van der Waals surface area contributed by atoms with Gasteiger partial charge in [-0.2, -0.15) is 0 Å². The number of benzene rings is 1. The van der Waals surface area contributed by atoms with Gasteiger partial charge in [0.1, 0.15) is 0 Å². The van der Waals surface area contributed by atoms with Crippen LogP contribution in [0, 0.1) is 5.92 Å². The van der Waals surface area contributed by atoms with E-state index in [4.69, 9.17) is 17.3 Å². The van der Waals surface area contributed by atoms with Crippen LogP contribution in [0.5, 0.6) is 0 Å². The van der Waals surface area contributed by atoms with E-state index in [0.717, 1.165) is 50.5 Å². The van der Waals surface area contributed by atoms with Crippen molar-refractivity contribution < 1.29 is 9.59 Å². The number of primary amides is 1. The van der Waals surface area contributed by atoms with Gasteiger partial charge in [0.05, 0.1) is 5.41 Å². The van der Waals surface area contributed by atoms with Crippen LogP contribution in [-0.4, -0.2) is 17.9 Å². The number of amides is 2. The number of carbonyl (C=O) groups excluding carboxylic acids is 2. The molecule has 0 radical (unpaired) electrons. The first kappa shape index (κ1) is 16.3. The normalized spacial score (nSPS) is 26.1. The van der Waals surface area contributed by atoms with Crippen molar-refractivity contribution in [2.75, 3.05) is 0 Å². The highest BCUT2D eigenvalue weighted by Gasteiger charge is 2.46. The average molecular weight is 335 g/mol. The second-order valence-electron chi connectivity index (χ2n) is 6.87. The van der Waals surface area contributed by atoms with E-state index in [1.807, 2.05) is 24.3 Å². The third kappa shape index (κ3) is 3.23. The van der Waals surface area contributed by atoms with Crippen LogP contribution < -0.4 is 11.1 Å². The van der Waals surface area contributed by atoms with Crippen LogP contribution in [0.4, 0.5) is 0 Å². The molecule has 3 rings (SSSR count). The molecule has 0 bridgehead atoms. The van der Waals surface area contributed by atoms with E-state index in [1.165, 1.54) is 0 Å². The van der Waals surface area contributed by atoms with Gasteiger partial charge in [-0.3, -0.25) is 9.59 Å². The maximum atomic E-state index is 12.9. The first-order chi connectivity index (χ1) is 11.0. The monoisotopic (exact) mass is 334 g/mol. The molecule has 1 aromatic rings. The molecule has 1 aromatic carbocycles. The lowest BCUT2D eigenvalue weighted by Gasteiger charge is -2.42. The van der Waals surface area contributed by atoms with Crippen molar-refractivity contribution in [1.82, 2.24) is 5.32 Å². The van der Waals surface area contributed by atoms with E-state index in [0.29, 0.717) is 5.02 Å². The number of carbonyl (C=O) groups is 2. The first-order valence-corrected chi connectivity index (χ1v) is 8.75. The molecule has 2 aliphatic rings. The second-order valence-corrected chi connectivity index (χ2v) is 7.31. The fraction of sp³-hybridized carbons (Fsp3) is 0.556. The van der Waals surface area contributed by atoms with Crippen LogP contribution in [0.15, 0.2) is 24.3 Å². The highest BCUT2D eigenvalue weighted by molar-refractivity contribution is 6.30. The summed E-state index contributed by atoms with van der Waals surface area (Å²) < 4.78 is 0. The van der Waals surface area contributed by atoms with E-state index in [9.17, 15) is 9.59 Å². The summed E-state index contributed by atoms with van der Waals surface area (Å²) in [6.07, 6.45) is 5.99. The Kier molecular flexibility index (Phi) is 4.62. The Labute approximate surface area is 141 Å². The first-order valence-electron chi connectivity index (χ1n) is 8.37. The van der Waals surface area contributed by atoms with Crippen LogP contribution in [0.3, 0.4) is 0 Å². The summed E-state index contributed by atoms with van der Waals surface area (Å²) in [7, 11) is 0. The van der Waals surface area contributed by atoms with Crippen molar-refractivity contribution in [3.05, 3.63) is 34.9 Å². The fourth-order valence-electron chi connectivity index (χ4n) is 3.81. The van der Waals surface area contributed by atoms with Gasteiger partial charge in [0.15, 0.2) is 0 Å². The highest BCUT2D eigenvalue weighted by atomic mass is 35.5. The zero-order chi connectivity index (χ0) is 16.4. The standard InChI is InChI=1S/C18H23ClN2O2/c19-14-4-1-3-13(11-14)18(9-2-10-18)17(23)21-15-7-5-12(6-8-15)16(20)22/h1,3-4,11-12,15H,2,5-10H2,(H2,20,22)(H,21,23). The molecular formula is C18H23ClN2O2. The number of halogens is 1. The summed E-state index contributed by atoms with van der Waals surface area (Å²) in [6, 6.07) is 7.79. The van der Waals surface area contributed by atoms with Crippen molar-refractivity contribution in [3.63, 3.8) is 0 Å². The lowest BCUT2D eigenvalue weighted by molar-refractivity contribution is -0.131. The molecule has 0 spiro atoms. The minimum absolute atomic E-state index is 0.0336. The van der Waals surface area contributed by atoms with Gasteiger partial charge in [-0.25, -0.2) is 0 Å². The fourth-order valence-corrected chi connectivity index (χ4v) is 4.00. The number of nitrogens with two attached hydrogens (primary N) is 1. The van der Waals surface area contributed by atoms with Crippen molar-refractivity contribution in [3.8, 4) is 0 Å². The number of hydrogen-bond acceptors (Lipinski definition) is 2. The van der Waals surface area contributed by atoms with Gasteiger partial charge in [-0.15, -0.1) is 0 Å². The van der Waals surface area contributed by atoms with Crippen molar-refractivity contribution in [2.45, 2.75) is 56.4 Å². The van der Waals surface area contributed by atoms with E-state index >= 15 is 0 Å². The van der Waals surface area contributed by atoms with Crippen LogP contribution in [-0.2, 0) is 15.0 Å². The summed E-state index contributed by atoms with van der Waals surface area (Å²) in [5.41, 5.74) is 5.95. The van der Waals surface area contributed by atoms with Gasteiger partial charge in [0.2, 0.25) is 11.8 Å². The molecule has 0 unspecified atom stereocenters. The van der Waals surface area contributed by atoms with E-state index in [-0.39, 0.29) is 23.8 Å². The molecule has 0 atom stereocenters. The summed E-state index contributed by atoms with van der Waals surface area (Å²) >= 11 is 6.10. The molecule has 2 aliphatic carbocycles. The van der Waals surface area contributed by atoms with Crippen LogP contribution in [0.1, 0.15) is 50.5 Å². The van der Waals surface area contributed by atoms with Gasteiger partial charge < -0.3 is 11.1 Å². The average Bonchev–Trinajstić information content (AvgIpc) is 2.46. The molecule has 0 aliphatic heterocycles. The maximum absolute atomic E-state index is 12.9. The molecule has 2 fully saturated rings. The third-order valence-corrected chi connectivity index (χ3v) is 5.72. The largest absolute Gasteiger partial charge is 0.369 e. The number of nitrogens with one attached hydrogen (secondary N) is 1. The molecule has 124 valence electrons. The topological polar surface area (TPSA) is 72.2 Å². The maximum Gasteiger partial charge on any atom is 0.230 e.